The molecule has 0 radical (unpaired) electrons. The summed E-state index contributed by atoms with van der Waals surface area (Å²) in [5.41, 5.74) is 2.69. The van der Waals surface area contributed by atoms with E-state index in [1.54, 1.807) is 78.9 Å². The Morgan fingerprint density at radius 1 is 0.524 bits per heavy atom. The lowest BCUT2D eigenvalue weighted by molar-refractivity contribution is -0.323. The van der Waals surface area contributed by atoms with Crippen molar-refractivity contribution in [3.8, 4) is 11.5 Å². The van der Waals surface area contributed by atoms with Crippen LogP contribution in [-0.2, 0) is 12.6 Å². The number of benzene rings is 5. The molecule has 0 saturated heterocycles. The topological polar surface area (TPSA) is 174 Å². The minimum absolute atomic E-state index is 0.0648. The van der Waals surface area contributed by atoms with Crippen LogP contribution >= 0.6 is 0 Å². The van der Waals surface area contributed by atoms with Crippen LogP contribution < -0.4 is 5.32 Å². The highest BCUT2D eigenvalue weighted by Gasteiger charge is 2.20. The maximum absolute atomic E-state index is 9.52. The van der Waals surface area contributed by atoms with Crippen molar-refractivity contribution in [1.29, 1.82) is 0 Å². The van der Waals surface area contributed by atoms with Gasteiger partial charge in [-0.05, 0) is 29.8 Å². The van der Waals surface area contributed by atoms with Crippen LogP contribution in [0.5, 0.6) is 11.5 Å². The molecule has 0 aliphatic carbocycles. The second-order valence-electron chi connectivity index (χ2n) is 8.59. The fourth-order valence-corrected chi connectivity index (χ4v) is 3.17. The van der Waals surface area contributed by atoms with Gasteiger partial charge in [0, 0.05) is 11.1 Å². The van der Waals surface area contributed by atoms with Crippen molar-refractivity contribution in [3.05, 3.63) is 156 Å². The van der Waals surface area contributed by atoms with Crippen LogP contribution in [-0.4, -0.2) is 40.9 Å². The number of aliphatic hydroxyl groups excluding tert-OH is 2. The van der Waals surface area contributed by atoms with E-state index in [4.69, 9.17) is 30.6 Å². The molecule has 9 heteroatoms. The van der Waals surface area contributed by atoms with Crippen LogP contribution in [0.1, 0.15) is 23.0 Å². The molecular weight excluding hydrogens is 538 g/mol. The van der Waals surface area contributed by atoms with E-state index in [0.29, 0.717) is 16.9 Å². The monoisotopic (exact) mass is 573 g/mol. The molecule has 0 saturated carbocycles. The minimum Gasteiger partial charge on any atom is -0.506 e. The van der Waals surface area contributed by atoms with Gasteiger partial charge in [0.25, 0.3) is 0 Å². The van der Waals surface area contributed by atoms with Crippen LogP contribution in [0.2, 0.25) is 0 Å². The van der Waals surface area contributed by atoms with Crippen LogP contribution in [0, 0.1) is 0 Å². The molecule has 0 atom stereocenters. The first-order chi connectivity index (χ1) is 20.1. The fourth-order valence-electron chi connectivity index (χ4n) is 3.17. The van der Waals surface area contributed by atoms with E-state index in [9.17, 15) is 10.2 Å². The average Bonchev–Trinajstić information content (AvgIpc) is 3.01. The molecule has 0 aliphatic rings. The third-order valence-electron chi connectivity index (χ3n) is 5.36. The van der Waals surface area contributed by atoms with Gasteiger partial charge in [0.05, 0.1) is 18.0 Å². The quantitative estimate of drug-likeness (QED) is 0.109. The molecule has 0 spiro atoms. The maximum Gasteiger partial charge on any atom is 0.304 e. The van der Waals surface area contributed by atoms with E-state index in [1.165, 1.54) is 12.1 Å². The highest BCUT2D eigenvalue weighted by Crippen LogP contribution is 2.30. The van der Waals surface area contributed by atoms with Crippen molar-refractivity contribution in [2.45, 2.75) is 18.9 Å². The van der Waals surface area contributed by atoms with E-state index in [1.807, 2.05) is 48.5 Å². The van der Waals surface area contributed by atoms with E-state index in [-0.39, 0.29) is 23.7 Å². The smallest absolute Gasteiger partial charge is 0.304 e. The number of phenolic OH excluding ortho intramolecular Hbond substituents is 2. The van der Waals surface area contributed by atoms with Gasteiger partial charge < -0.3 is 46.2 Å². The van der Waals surface area contributed by atoms with Crippen LogP contribution in [0.4, 0.5) is 11.4 Å². The third-order valence-corrected chi connectivity index (χ3v) is 5.36. The molecule has 0 aromatic heterocycles. The summed E-state index contributed by atoms with van der Waals surface area (Å²) < 4.78 is 0. The van der Waals surface area contributed by atoms with Crippen LogP contribution in [0.15, 0.2) is 140 Å². The van der Waals surface area contributed by atoms with Crippen molar-refractivity contribution in [3.63, 3.8) is 0 Å². The lowest BCUT2D eigenvalue weighted by atomic mass is 10.2. The molecule has 5 aromatic carbocycles. The van der Waals surface area contributed by atoms with Crippen LogP contribution in [0.3, 0.4) is 0 Å². The Kier molecular flexibility index (Phi) is 14.2. The van der Waals surface area contributed by atoms with E-state index in [2.05, 4.69) is 5.32 Å². The first kappa shape index (κ1) is 33.5. The number of rotatable bonds is 5. The number of para-hydroxylation sites is 4. The highest BCUT2D eigenvalue weighted by atomic mass is 16.7. The number of phenols is 2. The zero-order chi connectivity index (χ0) is 30.8. The number of hydrogen-bond donors (Lipinski definition) is 9. The van der Waals surface area contributed by atoms with Gasteiger partial charge in [-0.2, -0.15) is 0 Å². The summed E-state index contributed by atoms with van der Waals surface area (Å²) in [5.74, 6) is -2.40. The lowest BCUT2D eigenvalue weighted by Gasteiger charge is -2.12. The molecule has 0 heterocycles. The zero-order valence-corrected chi connectivity index (χ0v) is 22.6. The van der Waals surface area contributed by atoms with E-state index < -0.39 is 12.3 Å². The lowest BCUT2D eigenvalue weighted by Crippen LogP contribution is -2.23. The van der Waals surface area contributed by atoms with Crippen molar-refractivity contribution in [1.82, 2.24) is 0 Å². The van der Waals surface area contributed by atoms with Crippen molar-refractivity contribution >= 4 is 11.4 Å². The average molecular weight is 574 g/mol. The number of nitrogens with one attached hydrogen (secondary N) is 1. The molecule has 42 heavy (non-hydrogen) atoms. The summed E-state index contributed by atoms with van der Waals surface area (Å²) >= 11 is 0. The summed E-state index contributed by atoms with van der Waals surface area (Å²) in [6.45, 7) is 0.140. The SMILES string of the molecule is OC(O)(O)c1ccccc1.OC(O)c1ccccc1.OCc1ccccc1.Oc1ccccc1Nc1ccccc1O. The van der Waals surface area contributed by atoms with Gasteiger partial charge in [0.1, 0.15) is 11.5 Å². The predicted octanol–water partition coefficient (Wildman–Crippen LogP) is 4.46. The molecule has 9 N–H and O–H groups in total. The molecule has 0 unspecified atom stereocenters. The Bertz CT molecular complexity index is 1370. The first-order valence-corrected chi connectivity index (χ1v) is 12.7. The predicted molar refractivity (Wildman–Crippen MR) is 160 cm³/mol. The molecule has 5 aromatic rings. The van der Waals surface area contributed by atoms with Crippen molar-refractivity contribution in [2.75, 3.05) is 5.32 Å². The van der Waals surface area contributed by atoms with Crippen LogP contribution in [0.25, 0.3) is 0 Å². The molecule has 220 valence electrons. The van der Waals surface area contributed by atoms with E-state index in [0.717, 1.165) is 5.56 Å². The summed E-state index contributed by atoms with van der Waals surface area (Å²) in [4.78, 5) is 0. The minimum atomic E-state index is -2.71. The second-order valence-corrected chi connectivity index (χ2v) is 8.59. The molecule has 0 fully saturated rings. The molecular formula is C33H35NO8. The normalized spacial score (nSPS) is 10.2. The van der Waals surface area contributed by atoms with Gasteiger partial charge in [-0.15, -0.1) is 0 Å². The first-order valence-electron chi connectivity index (χ1n) is 12.7. The molecule has 9 nitrogen and oxygen atoms in total. The van der Waals surface area contributed by atoms with E-state index >= 15 is 0 Å². The maximum atomic E-state index is 9.52. The fraction of sp³-hybridized carbons (Fsp3) is 0.0909. The van der Waals surface area contributed by atoms with Gasteiger partial charge in [-0.1, -0.05) is 115 Å². The molecule has 0 bridgehead atoms. The Morgan fingerprint density at radius 3 is 1.21 bits per heavy atom. The van der Waals surface area contributed by atoms with Crippen molar-refractivity contribution in [2.24, 2.45) is 0 Å². The summed E-state index contributed by atoms with van der Waals surface area (Å²) in [6.07, 6.45) is -1.34. The molecule has 0 amide bonds. The highest BCUT2D eigenvalue weighted by molar-refractivity contribution is 5.69. The number of aliphatic hydroxyl groups is 6. The number of aromatic hydroxyl groups is 2. The number of anilines is 2. The Hall–Kier alpha value is -4.74. The Balaban J connectivity index is 0.000000203. The van der Waals surface area contributed by atoms with Gasteiger partial charge >= 0.3 is 5.97 Å². The van der Waals surface area contributed by atoms with Crippen molar-refractivity contribution < 1.29 is 40.9 Å². The zero-order valence-electron chi connectivity index (χ0n) is 22.6. The second kappa shape index (κ2) is 17.8. The Morgan fingerprint density at radius 2 is 0.905 bits per heavy atom. The van der Waals surface area contributed by atoms with Gasteiger partial charge in [0.15, 0.2) is 6.29 Å². The molecule has 5 rings (SSSR count). The van der Waals surface area contributed by atoms with Gasteiger partial charge in [0.2, 0.25) is 0 Å². The summed E-state index contributed by atoms with van der Waals surface area (Å²) in [7, 11) is 0. The number of hydrogen-bond acceptors (Lipinski definition) is 9. The molecule has 0 aliphatic heterocycles. The summed E-state index contributed by atoms with van der Waals surface area (Å²) in [5, 5.41) is 73.5. The Labute approximate surface area is 244 Å². The van der Waals surface area contributed by atoms with Gasteiger partial charge in [-0.25, -0.2) is 0 Å². The largest absolute Gasteiger partial charge is 0.506 e. The third kappa shape index (κ3) is 12.6. The summed E-state index contributed by atoms with van der Waals surface area (Å²) in [6, 6.07) is 39.7. The standard InChI is InChI=1S/C12H11NO2.C7H8O3.C7H8O2.C7H8O/c14-11-7-3-1-5-9(11)13-10-6-2-4-8-12(10)15;8-7(9,10)6-4-2-1-3-5-6;8-7(9)6-4-2-1-3-5-6;8-6-7-4-2-1-3-5-7/h1-8,13-15H;1-5,8-10H;1-5,7-9H;1-5,8H,6H2. The van der Waals surface area contributed by atoms with Gasteiger partial charge in [-0.3, -0.25) is 0 Å².